The van der Waals surface area contributed by atoms with Crippen molar-refractivity contribution in [3.8, 4) is 0 Å². The van der Waals surface area contributed by atoms with E-state index < -0.39 is 0 Å². The van der Waals surface area contributed by atoms with Crippen LogP contribution in [0.4, 0.5) is 27.9 Å². The van der Waals surface area contributed by atoms with Gasteiger partial charge in [-0.25, -0.2) is 14.7 Å². The van der Waals surface area contributed by atoms with Crippen LogP contribution in [0.1, 0.15) is 5.56 Å². The number of amides is 2. The average Bonchev–Trinajstić information content (AvgIpc) is 2.75. The largest absolute Gasteiger partial charge is 0.383 e. The summed E-state index contributed by atoms with van der Waals surface area (Å²) in [5.74, 6) is 0.999. The van der Waals surface area contributed by atoms with Crippen LogP contribution in [0.5, 0.6) is 0 Å². The van der Waals surface area contributed by atoms with E-state index in [0.717, 1.165) is 5.56 Å². The molecule has 29 heavy (non-hydrogen) atoms. The smallest absolute Gasteiger partial charge is 0.332 e. The molecule has 7 heteroatoms. The number of rotatable bonds is 7. The minimum atomic E-state index is -0.302. The molecule has 1 N–H and O–H groups in total. The van der Waals surface area contributed by atoms with Crippen LogP contribution in [-0.2, 0) is 4.74 Å². The molecule has 2 amide bonds. The van der Waals surface area contributed by atoms with Gasteiger partial charge in [0.15, 0.2) is 0 Å². The van der Waals surface area contributed by atoms with Gasteiger partial charge in [0, 0.05) is 38.7 Å². The number of para-hydroxylation sites is 1. The van der Waals surface area contributed by atoms with Crippen molar-refractivity contribution in [1.82, 2.24) is 9.97 Å². The topological polar surface area (TPSA) is 70.6 Å². The Morgan fingerprint density at radius 1 is 1.07 bits per heavy atom. The number of nitrogens with one attached hydrogen (secondary N) is 1. The molecule has 3 rings (SSSR count). The van der Waals surface area contributed by atoms with Crippen LogP contribution in [0.15, 0.2) is 66.9 Å². The first-order valence-electron chi connectivity index (χ1n) is 9.34. The van der Waals surface area contributed by atoms with Gasteiger partial charge < -0.3 is 15.0 Å². The molecular formula is C22H25N5O2. The van der Waals surface area contributed by atoms with Crippen molar-refractivity contribution in [1.29, 1.82) is 0 Å². The zero-order valence-corrected chi connectivity index (χ0v) is 16.9. The summed E-state index contributed by atoms with van der Waals surface area (Å²) in [6, 6.07) is 18.5. The van der Waals surface area contributed by atoms with Crippen molar-refractivity contribution in [2.24, 2.45) is 0 Å². The minimum Gasteiger partial charge on any atom is -0.383 e. The minimum absolute atomic E-state index is 0.302. The van der Waals surface area contributed by atoms with Gasteiger partial charge in [-0.15, -0.1) is 0 Å². The third kappa shape index (κ3) is 5.30. The fraction of sp³-hybridized carbons (Fsp3) is 0.227. The van der Waals surface area contributed by atoms with Crippen molar-refractivity contribution in [2.45, 2.75) is 6.92 Å². The molecule has 0 unspecified atom stereocenters. The first kappa shape index (κ1) is 20.3. The molecule has 0 bridgehead atoms. The monoisotopic (exact) mass is 391 g/mol. The van der Waals surface area contributed by atoms with Crippen molar-refractivity contribution in [3.63, 3.8) is 0 Å². The summed E-state index contributed by atoms with van der Waals surface area (Å²) >= 11 is 0. The van der Waals surface area contributed by atoms with Crippen molar-refractivity contribution < 1.29 is 9.53 Å². The summed E-state index contributed by atoms with van der Waals surface area (Å²) in [6.45, 7) is 3.20. The van der Waals surface area contributed by atoms with Crippen LogP contribution in [0, 0.1) is 6.92 Å². The van der Waals surface area contributed by atoms with Crippen LogP contribution < -0.4 is 15.1 Å². The van der Waals surface area contributed by atoms with Crippen molar-refractivity contribution in [3.05, 3.63) is 72.4 Å². The molecule has 150 valence electrons. The van der Waals surface area contributed by atoms with Gasteiger partial charge in [0.2, 0.25) is 5.95 Å². The van der Waals surface area contributed by atoms with Crippen molar-refractivity contribution >= 4 is 29.2 Å². The second-order valence-corrected chi connectivity index (χ2v) is 6.60. The number of benzene rings is 2. The summed E-state index contributed by atoms with van der Waals surface area (Å²) in [5, 5.41) is 2.94. The van der Waals surface area contributed by atoms with Crippen LogP contribution >= 0.6 is 0 Å². The normalized spacial score (nSPS) is 10.4. The summed E-state index contributed by atoms with van der Waals surface area (Å²) in [4.78, 5) is 25.5. The predicted octanol–water partition coefficient (Wildman–Crippen LogP) is 4.24. The lowest BCUT2D eigenvalue weighted by atomic mass is 10.2. The van der Waals surface area contributed by atoms with E-state index in [4.69, 9.17) is 4.74 Å². The third-order valence-corrected chi connectivity index (χ3v) is 4.35. The summed E-state index contributed by atoms with van der Waals surface area (Å²) < 4.78 is 5.12. The number of hydrogen-bond acceptors (Lipinski definition) is 5. The van der Waals surface area contributed by atoms with Gasteiger partial charge in [0.05, 0.1) is 12.3 Å². The van der Waals surface area contributed by atoms with E-state index in [-0.39, 0.29) is 6.03 Å². The zero-order valence-electron chi connectivity index (χ0n) is 16.9. The number of carbonyl (C=O) groups excluding carboxylic acids is 1. The lowest BCUT2D eigenvalue weighted by Crippen LogP contribution is -2.32. The van der Waals surface area contributed by atoms with Gasteiger partial charge in [-0.1, -0.05) is 35.9 Å². The summed E-state index contributed by atoms with van der Waals surface area (Å²) in [5.41, 5.74) is 2.55. The van der Waals surface area contributed by atoms with Crippen LogP contribution in [0.25, 0.3) is 0 Å². The molecule has 0 radical (unpaired) electrons. The Balaban J connectivity index is 1.92. The molecular weight excluding hydrogens is 366 g/mol. The number of hydrogen-bond donors (Lipinski definition) is 1. The number of methoxy groups -OCH3 is 1. The Bertz CT molecular complexity index is 931. The molecule has 0 spiro atoms. The highest BCUT2D eigenvalue weighted by Gasteiger charge is 2.20. The number of urea groups is 1. The Kier molecular flexibility index (Phi) is 6.76. The maximum absolute atomic E-state index is 13.2. The first-order valence-corrected chi connectivity index (χ1v) is 9.34. The lowest BCUT2D eigenvalue weighted by Gasteiger charge is -2.24. The van der Waals surface area contributed by atoms with Gasteiger partial charge >= 0.3 is 6.03 Å². The van der Waals surface area contributed by atoms with E-state index in [0.29, 0.717) is 36.3 Å². The Morgan fingerprint density at radius 3 is 2.48 bits per heavy atom. The third-order valence-electron chi connectivity index (χ3n) is 4.35. The molecule has 2 aromatic carbocycles. The van der Waals surface area contributed by atoms with E-state index in [1.54, 1.807) is 19.4 Å². The molecule has 0 aliphatic heterocycles. The average molecular weight is 391 g/mol. The van der Waals surface area contributed by atoms with Gasteiger partial charge in [0.1, 0.15) is 5.82 Å². The number of nitrogens with zero attached hydrogens (tertiary/aromatic N) is 4. The lowest BCUT2D eigenvalue weighted by molar-refractivity contribution is 0.206. The molecule has 0 atom stereocenters. The summed E-state index contributed by atoms with van der Waals surface area (Å²) in [7, 11) is 3.54. The molecule has 0 saturated heterocycles. The second-order valence-electron chi connectivity index (χ2n) is 6.60. The zero-order chi connectivity index (χ0) is 20.6. The predicted molar refractivity (Wildman–Crippen MR) is 116 cm³/mol. The number of anilines is 4. The molecule has 0 aliphatic carbocycles. The molecule has 1 heterocycles. The Labute approximate surface area is 171 Å². The maximum Gasteiger partial charge on any atom is 0.332 e. The first-order chi connectivity index (χ1) is 14.1. The highest BCUT2D eigenvalue weighted by molar-refractivity contribution is 6.06. The van der Waals surface area contributed by atoms with E-state index >= 15 is 0 Å². The number of likely N-dealkylation sites (N-methyl/N-ethyl adjacent to an activating group) is 1. The van der Waals surface area contributed by atoms with E-state index in [1.165, 1.54) is 4.90 Å². The number of ether oxygens (including phenoxy) is 1. The molecule has 7 nitrogen and oxygen atoms in total. The Morgan fingerprint density at radius 2 is 1.79 bits per heavy atom. The number of carbonyl (C=O) groups is 1. The van der Waals surface area contributed by atoms with Gasteiger partial charge in [-0.3, -0.25) is 0 Å². The van der Waals surface area contributed by atoms with Crippen LogP contribution in [0.3, 0.4) is 0 Å². The Hall–Kier alpha value is -3.45. The van der Waals surface area contributed by atoms with E-state index in [1.807, 2.05) is 73.5 Å². The van der Waals surface area contributed by atoms with Gasteiger partial charge in [-0.2, -0.15) is 4.98 Å². The van der Waals surface area contributed by atoms with Gasteiger partial charge in [-0.05, 0) is 31.2 Å². The SMILES string of the molecule is COCCN(C)c1nccc(N(C(=O)Nc2ccc(C)cc2)c2ccccc2)n1. The fourth-order valence-corrected chi connectivity index (χ4v) is 2.72. The van der Waals surface area contributed by atoms with Crippen molar-refractivity contribution in [2.75, 3.05) is 42.4 Å². The molecule has 0 fully saturated rings. The van der Waals surface area contributed by atoms with E-state index in [9.17, 15) is 4.79 Å². The quantitative estimate of drug-likeness (QED) is 0.652. The number of aromatic nitrogens is 2. The van der Waals surface area contributed by atoms with E-state index in [2.05, 4.69) is 15.3 Å². The molecule has 3 aromatic rings. The maximum atomic E-state index is 13.2. The molecule has 1 aromatic heterocycles. The molecule has 0 saturated carbocycles. The summed E-state index contributed by atoms with van der Waals surface area (Å²) in [6.07, 6.45) is 1.65. The number of aryl methyl sites for hydroxylation is 1. The van der Waals surface area contributed by atoms with Crippen LogP contribution in [-0.4, -0.2) is 43.3 Å². The van der Waals surface area contributed by atoms with Gasteiger partial charge in [0.25, 0.3) is 0 Å². The fourth-order valence-electron chi connectivity index (χ4n) is 2.72. The van der Waals surface area contributed by atoms with Crippen LogP contribution in [0.2, 0.25) is 0 Å². The molecule has 0 aliphatic rings. The highest BCUT2D eigenvalue weighted by atomic mass is 16.5. The highest BCUT2D eigenvalue weighted by Crippen LogP contribution is 2.25. The second kappa shape index (κ2) is 9.66. The standard InChI is InChI=1S/C22H25N5O2/c1-17-9-11-18(12-10-17)24-22(28)27(19-7-5-4-6-8-19)20-13-14-23-21(25-20)26(2)15-16-29-3/h4-14H,15-16H2,1-3H3,(H,24,28).